The topological polar surface area (TPSA) is 93.1 Å². The molecular weight excluding hydrogens is 312 g/mol. The molecule has 2 saturated heterocycles. The fourth-order valence-corrected chi connectivity index (χ4v) is 4.55. The molecule has 2 saturated carbocycles. The molecule has 1 aromatic carbocycles. The van der Waals surface area contributed by atoms with Crippen molar-refractivity contribution in [3.63, 3.8) is 0 Å². The number of carboxylic acids is 1. The van der Waals surface area contributed by atoms with Crippen LogP contribution in [-0.4, -0.2) is 46.6 Å². The lowest BCUT2D eigenvalue weighted by atomic mass is 9.89. The normalized spacial score (nSPS) is 42.3. The fourth-order valence-electron chi connectivity index (χ4n) is 4.55. The Morgan fingerprint density at radius 2 is 1.71 bits per heavy atom. The molecule has 0 amide bonds. The molecule has 8 atom stereocenters. The van der Waals surface area contributed by atoms with E-state index in [1.54, 1.807) is 12.1 Å². The number of esters is 1. The van der Waals surface area contributed by atoms with Gasteiger partial charge in [0.05, 0.1) is 23.3 Å². The molecule has 0 spiro atoms. The minimum absolute atomic E-state index is 0.0390. The molecule has 6 heteroatoms. The number of fused-ring (bicyclic) bond motifs is 2. The number of carbonyl (C=O) groups is 2. The maximum atomic E-state index is 12.5. The largest absolute Gasteiger partial charge is 0.478 e. The van der Waals surface area contributed by atoms with Crippen molar-refractivity contribution in [2.75, 3.05) is 0 Å². The van der Waals surface area contributed by atoms with Gasteiger partial charge < -0.3 is 19.7 Å². The highest BCUT2D eigenvalue weighted by molar-refractivity contribution is 6.02. The Balaban J connectivity index is 1.59. The van der Waals surface area contributed by atoms with Crippen molar-refractivity contribution >= 4 is 11.9 Å². The van der Waals surface area contributed by atoms with Crippen LogP contribution in [0, 0.1) is 23.7 Å². The van der Waals surface area contributed by atoms with Gasteiger partial charge in [-0.2, -0.15) is 0 Å². The number of aliphatic hydroxyl groups excluding tert-OH is 1. The predicted octanol–water partition coefficient (Wildman–Crippen LogP) is 1.57. The van der Waals surface area contributed by atoms with Gasteiger partial charge in [0.2, 0.25) is 0 Å². The van der Waals surface area contributed by atoms with Gasteiger partial charge in [-0.25, -0.2) is 9.59 Å². The molecule has 5 rings (SSSR count). The van der Waals surface area contributed by atoms with Crippen molar-refractivity contribution in [2.45, 2.75) is 38.3 Å². The molecule has 2 heterocycles. The van der Waals surface area contributed by atoms with Crippen LogP contribution in [0.1, 0.15) is 34.6 Å². The number of hydrogen-bond acceptors (Lipinski definition) is 5. The Bertz CT molecular complexity index is 699. The molecular formula is C18H20O6. The Morgan fingerprint density at radius 3 is 2.38 bits per heavy atom. The van der Waals surface area contributed by atoms with Gasteiger partial charge in [0.1, 0.15) is 12.2 Å². The van der Waals surface area contributed by atoms with E-state index < -0.39 is 24.1 Å². The first-order chi connectivity index (χ1) is 11.4. The van der Waals surface area contributed by atoms with Gasteiger partial charge in [0.25, 0.3) is 0 Å². The van der Waals surface area contributed by atoms with Gasteiger partial charge in [0.15, 0.2) is 0 Å². The van der Waals surface area contributed by atoms with Gasteiger partial charge in [0, 0.05) is 11.8 Å². The Labute approximate surface area is 139 Å². The molecule has 4 aliphatic rings. The molecule has 128 valence electrons. The van der Waals surface area contributed by atoms with Gasteiger partial charge >= 0.3 is 11.9 Å². The van der Waals surface area contributed by atoms with Crippen LogP contribution in [0.3, 0.4) is 0 Å². The summed E-state index contributed by atoms with van der Waals surface area (Å²) >= 11 is 0. The Morgan fingerprint density at radius 1 is 1.04 bits per heavy atom. The van der Waals surface area contributed by atoms with Crippen molar-refractivity contribution in [1.82, 2.24) is 0 Å². The summed E-state index contributed by atoms with van der Waals surface area (Å²) in [5.41, 5.74) is -0.0249. The molecule has 4 bridgehead atoms. The smallest absolute Gasteiger partial charge is 0.339 e. The lowest BCUT2D eigenvalue weighted by molar-refractivity contribution is -0.0571. The molecule has 4 fully saturated rings. The third kappa shape index (κ3) is 2.09. The number of rotatable bonds is 3. The van der Waals surface area contributed by atoms with E-state index in [0.717, 1.165) is 0 Å². The summed E-state index contributed by atoms with van der Waals surface area (Å²) < 4.78 is 11.7. The minimum Gasteiger partial charge on any atom is -0.478 e. The van der Waals surface area contributed by atoms with Crippen LogP contribution in [0.2, 0.25) is 0 Å². The van der Waals surface area contributed by atoms with Crippen LogP contribution in [0.15, 0.2) is 24.3 Å². The number of ether oxygens (including phenoxy) is 2. The van der Waals surface area contributed by atoms with Crippen molar-refractivity contribution in [3.05, 3.63) is 35.4 Å². The van der Waals surface area contributed by atoms with E-state index in [0.29, 0.717) is 0 Å². The van der Waals surface area contributed by atoms with Gasteiger partial charge in [-0.05, 0) is 24.0 Å². The predicted molar refractivity (Wildman–Crippen MR) is 82.6 cm³/mol. The fraction of sp³-hybridized carbons (Fsp3) is 0.556. The standard InChI is InChI=1S/C18H20O6/c1-7-11-12-15(11)23-14(8(2)13(7)19)16(12)24-18(22)10-6-4-3-5-9(10)17(20)21/h3-8,11-16,19H,1-2H3,(H,20,21)/t7?,8?,11-,12-,13?,14+,15?,16-/m0/s1. The van der Waals surface area contributed by atoms with Gasteiger partial charge in [-0.15, -0.1) is 0 Å². The highest BCUT2D eigenvalue weighted by atomic mass is 16.6. The van der Waals surface area contributed by atoms with Crippen LogP contribution < -0.4 is 0 Å². The quantitative estimate of drug-likeness (QED) is 0.816. The first-order valence-electron chi connectivity index (χ1n) is 8.28. The molecule has 2 aliphatic carbocycles. The molecule has 24 heavy (non-hydrogen) atoms. The summed E-state index contributed by atoms with van der Waals surface area (Å²) in [5.74, 6) is -1.53. The summed E-state index contributed by atoms with van der Waals surface area (Å²) in [7, 11) is 0. The lowest BCUT2D eigenvalue weighted by Gasteiger charge is -2.27. The van der Waals surface area contributed by atoms with Crippen LogP contribution in [0.4, 0.5) is 0 Å². The van der Waals surface area contributed by atoms with Crippen LogP contribution in [-0.2, 0) is 9.47 Å². The van der Waals surface area contributed by atoms with Crippen molar-refractivity contribution in [1.29, 1.82) is 0 Å². The number of carboxylic acid groups (broad SMARTS) is 1. The molecule has 2 N–H and O–H groups in total. The van der Waals surface area contributed by atoms with Gasteiger partial charge in [-0.1, -0.05) is 26.0 Å². The van der Waals surface area contributed by atoms with Crippen molar-refractivity contribution in [3.8, 4) is 0 Å². The first-order valence-corrected chi connectivity index (χ1v) is 8.28. The second-order valence-electron chi connectivity index (χ2n) is 7.15. The van der Waals surface area contributed by atoms with E-state index in [-0.39, 0.29) is 47.0 Å². The highest BCUT2D eigenvalue weighted by Crippen LogP contribution is 2.61. The van der Waals surface area contributed by atoms with Crippen molar-refractivity contribution in [2.24, 2.45) is 23.7 Å². The number of hydrogen-bond donors (Lipinski definition) is 2. The van der Waals surface area contributed by atoms with Crippen molar-refractivity contribution < 1.29 is 29.3 Å². The van der Waals surface area contributed by atoms with Gasteiger partial charge in [-0.3, -0.25) is 0 Å². The number of aromatic carboxylic acids is 1. The third-order valence-corrected chi connectivity index (χ3v) is 5.90. The molecule has 2 aliphatic heterocycles. The second kappa shape index (κ2) is 5.29. The summed E-state index contributed by atoms with van der Waals surface area (Å²) in [4.78, 5) is 23.8. The molecule has 6 nitrogen and oxygen atoms in total. The van der Waals surface area contributed by atoms with Crippen LogP contribution >= 0.6 is 0 Å². The zero-order valence-corrected chi connectivity index (χ0v) is 13.5. The molecule has 4 unspecified atom stereocenters. The molecule has 0 radical (unpaired) electrons. The molecule has 1 aromatic rings. The Kier molecular flexibility index (Phi) is 3.44. The highest BCUT2D eigenvalue weighted by Gasteiger charge is 2.71. The van der Waals surface area contributed by atoms with E-state index >= 15 is 0 Å². The van der Waals surface area contributed by atoms with Crippen LogP contribution in [0.5, 0.6) is 0 Å². The average Bonchev–Trinajstić information content (AvgIpc) is 3.20. The summed E-state index contributed by atoms with van der Waals surface area (Å²) in [6.45, 7) is 3.92. The number of benzene rings is 1. The first kappa shape index (κ1) is 15.6. The van der Waals surface area contributed by atoms with E-state index in [2.05, 4.69) is 0 Å². The number of aliphatic hydroxyl groups is 1. The SMILES string of the molecule is CC1C(O)C(C)[C@H]2OC3[C@@H]1[C@@H]3[C@@H]2OC(=O)c1ccccc1C(=O)O. The second-order valence-corrected chi connectivity index (χ2v) is 7.15. The summed E-state index contributed by atoms with van der Waals surface area (Å²) in [5, 5.41) is 19.6. The average molecular weight is 332 g/mol. The zero-order chi connectivity index (χ0) is 17.2. The summed E-state index contributed by atoms with van der Waals surface area (Å²) in [6, 6.07) is 6.03. The zero-order valence-electron chi connectivity index (χ0n) is 13.5. The summed E-state index contributed by atoms with van der Waals surface area (Å²) in [6.07, 6.45) is -1.21. The lowest BCUT2D eigenvalue weighted by Crippen LogP contribution is -2.39. The monoisotopic (exact) mass is 332 g/mol. The van der Waals surface area contributed by atoms with E-state index in [1.807, 2.05) is 13.8 Å². The molecule has 0 aromatic heterocycles. The minimum atomic E-state index is -1.16. The Hall–Kier alpha value is -1.92. The van der Waals surface area contributed by atoms with Crippen LogP contribution in [0.25, 0.3) is 0 Å². The maximum absolute atomic E-state index is 12.5. The van der Waals surface area contributed by atoms with E-state index in [1.165, 1.54) is 12.1 Å². The van der Waals surface area contributed by atoms with E-state index in [9.17, 15) is 19.8 Å². The number of carbonyl (C=O) groups excluding carboxylic acids is 1. The van der Waals surface area contributed by atoms with E-state index in [4.69, 9.17) is 9.47 Å². The maximum Gasteiger partial charge on any atom is 0.339 e. The third-order valence-electron chi connectivity index (χ3n) is 5.90.